The molecular weight excluding hydrogens is 243 g/mol. The Kier molecular flexibility index (Phi) is 3.45. The molecule has 0 aliphatic carbocycles. The average Bonchev–Trinajstić information content (AvgIpc) is 2.77. The molecule has 0 radical (unpaired) electrons. The van der Waals surface area contributed by atoms with Gasteiger partial charge in [-0.3, -0.25) is 0 Å². The van der Waals surface area contributed by atoms with E-state index in [1.807, 2.05) is 6.92 Å². The molecule has 0 unspecified atom stereocenters. The van der Waals surface area contributed by atoms with Crippen LogP contribution in [0, 0.1) is 5.82 Å². The molecule has 1 atom stereocenters. The van der Waals surface area contributed by atoms with Gasteiger partial charge in [-0.25, -0.2) is 9.37 Å². The van der Waals surface area contributed by atoms with Crippen molar-refractivity contribution < 1.29 is 9.50 Å². The van der Waals surface area contributed by atoms with E-state index in [9.17, 15) is 4.39 Å². The van der Waals surface area contributed by atoms with E-state index in [2.05, 4.69) is 4.98 Å². The molecule has 0 aliphatic rings. The smallest absolute Gasteiger partial charge is 0.144 e. The first-order valence-electron chi connectivity index (χ1n) is 5.23. The number of halogens is 2. The highest BCUT2D eigenvalue weighted by Gasteiger charge is 2.17. The number of rotatable bonds is 3. The zero-order valence-electron chi connectivity index (χ0n) is 9.27. The van der Waals surface area contributed by atoms with Gasteiger partial charge in [-0.1, -0.05) is 17.7 Å². The highest BCUT2D eigenvalue weighted by molar-refractivity contribution is 6.33. The molecule has 0 saturated heterocycles. The van der Waals surface area contributed by atoms with E-state index < -0.39 is 5.82 Å². The minimum absolute atomic E-state index is 0.0462. The van der Waals surface area contributed by atoms with Gasteiger partial charge >= 0.3 is 0 Å². The van der Waals surface area contributed by atoms with Crippen molar-refractivity contribution in [2.75, 3.05) is 6.61 Å². The summed E-state index contributed by atoms with van der Waals surface area (Å²) in [6.45, 7) is 1.77. The molecule has 0 amide bonds. The first-order chi connectivity index (χ1) is 8.15. The molecule has 0 bridgehead atoms. The third-order valence-corrected chi connectivity index (χ3v) is 2.91. The minimum Gasteiger partial charge on any atom is -0.394 e. The van der Waals surface area contributed by atoms with E-state index in [0.29, 0.717) is 10.8 Å². The Hall–Kier alpha value is -1.39. The van der Waals surface area contributed by atoms with Gasteiger partial charge in [0.15, 0.2) is 0 Å². The van der Waals surface area contributed by atoms with E-state index in [1.54, 1.807) is 29.1 Å². The SMILES string of the molecule is C[C@H](CO)n1ccnc1-c1c(F)cccc1Cl. The van der Waals surface area contributed by atoms with Gasteiger partial charge in [0.2, 0.25) is 0 Å². The lowest BCUT2D eigenvalue weighted by atomic mass is 10.2. The fraction of sp³-hybridized carbons (Fsp3) is 0.250. The van der Waals surface area contributed by atoms with Crippen LogP contribution in [0.15, 0.2) is 30.6 Å². The van der Waals surface area contributed by atoms with Gasteiger partial charge in [-0.05, 0) is 19.1 Å². The second-order valence-electron chi connectivity index (χ2n) is 3.79. The maximum absolute atomic E-state index is 13.8. The number of aliphatic hydroxyl groups is 1. The number of nitrogens with zero attached hydrogens (tertiary/aromatic N) is 2. The Balaban J connectivity index is 2.58. The normalized spacial score (nSPS) is 12.7. The van der Waals surface area contributed by atoms with Gasteiger partial charge in [-0.2, -0.15) is 0 Å². The van der Waals surface area contributed by atoms with Crippen LogP contribution in [0.2, 0.25) is 5.02 Å². The molecule has 1 aromatic carbocycles. The molecule has 2 aromatic rings. The van der Waals surface area contributed by atoms with Crippen molar-refractivity contribution in [1.29, 1.82) is 0 Å². The van der Waals surface area contributed by atoms with Crippen molar-refractivity contribution in [3.63, 3.8) is 0 Å². The molecule has 0 spiro atoms. The third-order valence-electron chi connectivity index (χ3n) is 2.59. The topological polar surface area (TPSA) is 38.0 Å². The number of hydrogen-bond donors (Lipinski definition) is 1. The van der Waals surface area contributed by atoms with Crippen LogP contribution in [0.4, 0.5) is 4.39 Å². The number of imidazole rings is 1. The summed E-state index contributed by atoms with van der Waals surface area (Å²) in [6, 6.07) is 4.32. The summed E-state index contributed by atoms with van der Waals surface area (Å²) in [7, 11) is 0. The monoisotopic (exact) mass is 254 g/mol. The molecule has 0 saturated carbocycles. The summed E-state index contributed by atoms with van der Waals surface area (Å²) < 4.78 is 15.5. The van der Waals surface area contributed by atoms with Gasteiger partial charge in [0.25, 0.3) is 0 Å². The molecule has 0 fully saturated rings. The fourth-order valence-corrected chi connectivity index (χ4v) is 1.91. The number of hydrogen-bond acceptors (Lipinski definition) is 2. The lowest BCUT2D eigenvalue weighted by Gasteiger charge is -2.14. The van der Waals surface area contributed by atoms with Crippen LogP contribution in [0.3, 0.4) is 0 Å². The van der Waals surface area contributed by atoms with Crippen molar-refractivity contribution in [2.24, 2.45) is 0 Å². The van der Waals surface area contributed by atoms with Crippen LogP contribution in [-0.4, -0.2) is 21.3 Å². The van der Waals surface area contributed by atoms with Crippen molar-refractivity contribution in [3.05, 3.63) is 41.4 Å². The molecule has 17 heavy (non-hydrogen) atoms. The standard InChI is InChI=1S/C12H12ClFN2O/c1-8(7-17)16-6-5-15-12(16)11-9(13)3-2-4-10(11)14/h2-6,8,17H,7H2,1H3/t8-/m1/s1. The Morgan fingerprint density at radius 1 is 1.53 bits per heavy atom. The van der Waals surface area contributed by atoms with Crippen LogP contribution in [0.1, 0.15) is 13.0 Å². The van der Waals surface area contributed by atoms with Gasteiger partial charge in [-0.15, -0.1) is 0 Å². The van der Waals surface area contributed by atoms with Gasteiger partial charge in [0.05, 0.1) is 23.2 Å². The fourth-order valence-electron chi connectivity index (χ4n) is 1.66. The van der Waals surface area contributed by atoms with Crippen LogP contribution >= 0.6 is 11.6 Å². The van der Waals surface area contributed by atoms with Crippen molar-refractivity contribution in [3.8, 4) is 11.4 Å². The molecule has 1 heterocycles. The maximum atomic E-state index is 13.8. The summed E-state index contributed by atoms with van der Waals surface area (Å²) in [4.78, 5) is 4.10. The molecule has 1 aromatic heterocycles. The minimum atomic E-state index is -0.421. The van der Waals surface area contributed by atoms with Crippen molar-refractivity contribution in [2.45, 2.75) is 13.0 Å². The summed E-state index contributed by atoms with van der Waals surface area (Å²) in [5, 5.41) is 9.45. The Morgan fingerprint density at radius 2 is 2.29 bits per heavy atom. The second-order valence-corrected chi connectivity index (χ2v) is 4.19. The first-order valence-corrected chi connectivity index (χ1v) is 5.61. The molecule has 90 valence electrons. The molecule has 2 rings (SSSR count). The Labute approximate surface area is 103 Å². The summed E-state index contributed by atoms with van der Waals surface area (Å²) in [5.74, 6) is 0.00439. The molecule has 5 heteroatoms. The van der Waals surface area contributed by atoms with Crippen molar-refractivity contribution in [1.82, 2.24) is 9.55 Å². The highest BCUT2D eigenvalue weighted by atomic mass is 35.5. The average molecular weight is 255 g/mol. The van der Waals surface area contributed by atoms with Crippen molar-refractivity contribution >= 4 is 11.6 Å². The summed E-state index contributed by atoms with van der Waals surface area (Å²) >= 11 is 5.98. The van der Waals surface area contributed by atoms with E-state index in [1.165, 1.54) is 6.07 Å². The van der Waals surface area contributed by atoms with E-state index in [-0.39, 0.29) is 18.2 Å². The number of aromatic nitrogens is 2. The predicted molar refractivity (Wildman–Crippen MR) is 64.4 cm³/mol. The number of benzene rings is 1. The molecule has 1 N–H and O–H groups in total. The predicted octanol–water partition coefficient (Wildman–Crippen LogP) is 2.90. The largest absolute Gasteiger partial charge is 0.394 e. The maximum Gasteiger partial charge on any atom is 0.144 e. The zero-order chi connectivity index (χ0) is 12.4. The lowest BCUT2D eigenvalue weighted by Crippen LogP contribution is -2.10. The van der Waals surface area contributed by atoms with E-state index in [0.717, 1.165) is 0 Å². The van der Waals surface area contributed by atoms with E-state index >= 15 is 0 Å². The molecular formula is C12H12ClFN2O. The summed E-state index contributed by atoms with van der Waals surface area (Å²) in [6.07, 6.45) is 3.25. The van der Waals surface area contributed by atoms with Gasteiger partial charge in [0, 0.05) is 12.4 Å². The quantitative estimate of drug-likeness (QED) is 0.915. The Bertz CT molecular complexity index is 507. The zero-order valence-corrected chi connectivity index (χ0v) is 10.0. The number of aliphatic hydroxyl groups excluding tert-OH is 1. The van der Waals surface area contributed by atoms with Crippen LogP contribution in [0.5, 0.6) is 0 Å². The third kappa shape index (κ3) is 2.18. The van der Waals surface area contributed by atoms with E-state index in [4.69, 9.17) is 16.7 Å². The highest BCUT2D eigenvalue weighted by Crippen LogP contribution is 2.30. The van der Waals surface area contributed by atoms with Gasteiger partial charge < -0.3 is 9.67 Å². The molecule has 0 aliphatic heterocycles. The van der Waals surface area contributed by atoms with Crippen LogP contribution < -0.4 is 0 Å². The lowest BCUT2D eigenvalue weighted by molar-refractivity contribution is 0.239. The summed E-state index contributed by atoms with van der Waals surface area (Å²) in [5.41, 5.74) is 0.263. The molecule has 3 nitrogen and oxygen atoms in total. The van der Waals surface area contributed by atoms with Gasteiger partial charge in [0.1, 0.15) is 11.6 Å². The van der Waals surface area contributed by atoms with Crippen LogP contribution in [-0.2, 0) is 0 Å². The Morgan fingerprint density at radius 3 is 2.94 bits per heavy atom. The second kappa shape index (κ2) is 4.85. The first kappa shape index (κ1) is 12.1. The van der Waals surface area contributed by atoms with Crippen LogP contribution in [0.25, 0.3) is 11.4 Å².